The summed E-state index contributed by atoms with van der Waals surface area (Å²) in [5.41, 5.74) is 0.483. The van der Waals surface area contributed by atoms with Gasteiger partial charge in [0.2, 0.25) is 0 Å². The highest BCUT2D eigenvalue weighted by Crippen LogP contribution is 2.31. The molecule has 1 aromatic heterocycles. The van der Waals surface area contributed by atoms with Gasteiger partial charge in [0, 0.05) is 17.7 Å². The number of hydrogen-bond donors (Lipinski definition) is 1. The average molecular weight is 417 g/mol. The summed E-state index contributed by atoms with van der Waals surface area (Å²) in [4.78, 5) is 30.8. The molecule has 3 aromatic rings. The van der Waals surface area contributed by atoms with Crippen molar-refractivity contribution >= 4 is 38.3 Å². The maximum atomic E-state index is 14.1. The Balaban J connectivity index is 1.95. The molecule has 0 aliphatic heterocycles. The van der Waals surface area contributed by atoms with Gasteiger partial charge in [-0.3, -0.25) is 19.8 Å². The Morgan fingerprint density at radius 2 is 1.90 bits per heavy atom. The van der Waals surface area contributed by atoms with Crippen molar-refractivity contribution in [2.75, 3.05) is 31.1 Å². The standard InChI is InChI=1S/C20H21FN4O3S/c1-3-23(4-2)12-13-24(19(26)14-8-10-15(11-9-14)25(27)28)20-22-18-16(21)6-5-7-17(18)29-20/h5-11H,3-4,12-13H2,1-2H3/p+1. The van der Waals surface area contributed by atoms with Gasteiger partial charge in [0.15, 0.2) is 5.13 Å². The number of hydrogen-bond acceptors (Lipinski definition) is 5. The number of aromatic nitrogens is 1. The summed E-state index contributed by atoms with van der Waals surface area (Å²) in [7, 11) is 0. The van der Waals surface area contributed by atoms with E-state index in [2.05, 4.69) is 18.8 Å². The summed E-state index contributed by atoms with van der Waals surface area (Å²) in [6, 6.07) is 10.2. The van der Waals surface area contributed by atoms with Gasteiger partial charge in [-0.1, -0.05) is 17.4 Å². The third kappa shape index (κ3) is 4.57. The molecule has 0 radical (unpaired) electrons. The molecule has 0 unspecified atom stereocenters. The number of carbonyl (C=O) groups excluding carboxylic acids is 1. The average Bonchev–Trinajstić information content (AvgIpc) is 3.16. The lowest BCUT2D eigenvalue weighted by Crippen LogP contribution is -3.12. The highest BCUT2D eigenvalue weighted by molar-refractivity contribution is 7.22. The maximum absolute atomic E-state index is 14.1. The van der Waals surface area contributed by atoms with Crippen molar-refractivity contribution in [1.29, 1.82) is 0 Å². The number of anilines is 1. The summed E-state index contributed by atoms with van der Waals surface area (Å²) in [6.45, 7) is 7.12. The number of para-hydroxylation sites is 1. The summed E-state index contributed by atoms with van der Waals surface area (Å²) in [5.74, 6) is -0.743. The van der Waals surface area contributed by atoms with Crippen LogP contribution in [0, 0.1) is 15.9 Å². The smallest absolute Gasteiger partial charge is 0.269 e. The Bertz CT molecular complexity index is 1020. The second-order valence-electron chi connectivity index (χ2n) is 6.55. The molecule has 152 valence electrons. The van der Waals surface area contributed by atoms with Gasteiger partial charge in [-0.05, 0) is 38.1 Å². The van der Waals surface area contributed by atoms with E-state index in [-0.39, 0.29) is 17.1 Å². The molecule has 0 aliphatic rings. The Morgan fingerprint density at radius 3 is 2.48 bits per heavy atom. The van der Waals surface area contributed by atoms with Gasteiger partial charge in [0.1, 0.15) is 11.3 Å². The molecule has 0 bridgehead atoms. The summed E-state index contributed by atoms with van der Waals surface area (Å²) in [6.07, 6.45) is 0. The van der Waals surface area contributed by atoms with Crippen LogP contribution in [0.15, 0.2) is 42.5 Å². The first-order valence-electron chi connectivity index (χ1n) is 9.39. The third-order valence-corrected chi connectivity index (χ3v) is 5.89. The molecule has 1 heterocycles. The van der Waals surface area contributed by atoms with Crippen LogP contribution in [0.2, 0.25) is 0 Å². The largest absolute Gasteiger partial charge is 0.334 e. The monoisotopic (exact) mass is 417 g/mol. The molecule has 0 spiro atoms. The fourth-order valence-corrected chi connectivity index (χ4v) is 4.06. The van der Waals surface area contributed by atoms with Crippen LogP contribution in [0.25, 0.3) is 10.2 Å². The minimum Gasteiger partial charge on any atom is -0.334 e. The molecule has 0 fully saturated rings. The van der Waals surface area contributed by atoms with Crippen LogP contribution in [0.1, 0.15) is 24.2 Å². The first kappa shape index (κ1) is 20.8. The number of carbonyl (C=O) groups is 1. The number of thiazole rings is 1. The third-order valence-electron chi connectivity index (χ3n) is 4.85. The van der Waals surface area contributed by atoms with E-state index in [1.807, 2.05) is 0 Å². The van der Waals surface area contributed by atoms with E-state index in [0.29, 0.717) is 28.5 Å². The summed E-state index contributed by atoms with van der Waals surface area (Å²) in [5, 5.41) is 11.3. The van der Waals surface area contributed by atoms with Crippen LogP contribution in [0.4, 0.5) is 15.2 Å². The number of likely N-dealkylation sites (N-methyl/N-ethyl adjacent to an activating group) is 1. The van der Waals surface area contributed by atoms with Gasteiger partial charge in [0.25, 0.3) is 11.6 Å². The van der Waals surface area contributed by atoms with Crippen molar-refractivity contribution < 1.29 is 19.0 Å². The number of nitrogens with zero attached hydrogens (tertiary/aromatic N) is 3. The van der Waals surface area contributed by atoms with Crippen LogP contribution < -0.4 is 9.80 Å². The van der Waals surface area contributed by atoms with E-state index in [1.165, 1.54) is 51.5 Å². The minimum atomic E-state index is -0.508. The first-order chi connectivity index (χ1) is 13.9. The molecule has 3 rings (SSSR count). The predicted molar refractivity (Wildman–Crippen MR) is 111 cm³/mol. The number of amides is 1. The highest BCUT2D eigenvalue weighted by atomic mass is 32.1. The Kier molecular flexibility index (Phi) is 6.50. The Hall–Kier alpha value is -2.91. The van der Waals surface area contributed by atoms with Gasteiger partial charge in [0.05, 0.1) is 35.8 Å². The number of quaternary nitrogens is 1. The van der Waals surface area contributed by atoms with Gasteiger partial charge in [-0.2, -0.15) is 0 Å². The van der Waals surface area contributed by atoms with Crippen molar-refractivity contribution in [2.45, 2.75) is 13.8 Å². The van der Waals surface area contributed by atoms with E-state index in [0.717, 1.165) is 13.1 Å². The number of nitro benzene ring substituents is 1. The van der Waals surface area contributed by atoms with Crippen molar-refractivity contribution in [3.63, 3.8) is 0 Å². The fourth-order valence-electron chi connectivity index (χ4n) is 3.06. The molecule has 0 saturated heterocycles. The van der Waals surface area contributed by atoms with E-state index < -0.39 is 10.7 Å². The van der Waals surface area contributed by atoms with E-state index in [9.17, 15) is 19.3 Å². The van der Waals surface area contributed by atoms with Gasteiger partial charge >= 0.3 is 0 Å². The zero-order chi connectivity index (χ0) is 21.0. The molecular formula is C20H22FN4O3S+. The number of nitro groups is 1. The highest BCUT2D eigenvalue weighted by Gasteiger charge is 2.24. The van der Waals surface area contributed by atoms with E-state index in [4.69, 9.17) is 0 Å². The Morgan fingerprint density at radius 1 is 1.21 bits per heavy atom. The number of fused-ring (bicyclic) bond motifs is 1. The normalized spacial score (nSPS) is 11.2. The SMILES string of the molecule is CC[NH+](CC)CCN(C(=O)c1ccc([N+](=O)[O-])cc1)c1nc2c(F)cccc2s1. The summed E-state index contributed by atoms with van der Waals surface area (Å²) < 4.78 is 14.8. The number of nitrogens with one attached hydrogen (secondary N) is 1. The molecule has 7 nitrogen and oxygen atoms in total. The molecule has 1 amide bonds. The predicted octanol–water partition coefficient (Wildman–Crippen LogP) is 2.92. The zero-order valence-electron chi connectivity index (χ0n) is 16.2. The molecule has 0 saturated carbocycles. The lowest BCUT2D eigenvalue weighted by atomic mass is 10.2. The van der Waals surface area contributed by atoms with Crippen molar-refractivity contribution in [3.05, 3.63) is 64.0 Å². The van der Waals surface area contributed by atoms with Gasteiger partial charge in [-0.15, -0.1) is 0 Å². The lowest BCUT2D eigenvalue weighted by molar-refractivity contribution is -0.894. The van der Waals surface area contributed by atoms with Crippen LogP contribution in [0.3, 0.4) is 0 Å². The van der Waals surface area contributed by atoms with Crippen LogP contribution in [-0.4, -0.2) is 42.0 Å². The molecule has 9 heteroatoms. The molecule has 2 aromatic carbocycles. The topological polar surface area (TPSA) is 80.8 Å². The molecule has 29 heavy (non-hydrogen) atoms. The second kappa shape index (κ2) is 9.06. The second-order valence-corrected chi connectivity index (χ2v) is 7.56. The quantitative estimate of drug-likeness (QED) is 0.451. The van der Waals surface area contributed by atoms with Crippen molar-refractivity contribution in [2.24, 2.45) is 0 Å². The van der Waals surface area contributed by atoms with Crippen LogP contribution in [0.5, 0.6) is 0 Å². The zero-order valence-corrected chi connectivity index (χ0v) is 17.0. The number of rotatable bonds is 8. The van der Waals surface area contributed by atoms with Crippen LogP contribution in [-0.2, 0) is 0 Å². The van der Waals surface area contributed by atoms with Gasteiger partial charge in [-0.25, -0.2) is 9.37 Å². The van der Waals surface area contributed by atoms with Crippen molar-refractivity contribution in [3.8, 4) is 0 Å². The number of benzene rings is 2. The fraction of sp³-hybridized carbons (Fsp3) is 0.300. The first-order valence-corrected chi connectivity index (χ1v) is 10.2. The lowest BCUT2D eigenvalue weighted by Gasteiger charge is -2.23. The number of halogens is 1. The maximum Gasteiger partial charge on any atom is 0.269 e. The number of non-ortho nitro benzene ring substituents is 1. The summed E-state index contributed by atoms with van der Waals surface area (Å²) >= 11 is 1.25. The molecular weight excluding hydrogens is 395 g/mol. The minimum absolute atomic E-state index is 0.0808. The van der Waals surface area contributed by atoms with E-state index in [1.54, 1.807) is 12.1 Å². The molecule has 0 atom stereocenters. The molecule has 1 N–H and O–H groups in total. The van der Waals surface area contributed by atoms with Gasteiger partial charge < -0.3 is 4.90 Å². The van der Waals surface area contributed by atoms with Crippen molar-refractivity contribution in [1.82, 2.24) is 4.98 Å². The molecule has 0 aliphatic carbocycles. The van der Waals surface area contributed by atoms with E-state index >= 15 is 0 Å². The van der Waals surface area contributed by atoms with Crippen LogP contribution >= 0.6 is 11.3 Å². The Labute approximate surface area is 171 Å².